The van der Waals surface area contributed by atoms with Gasteiger partial charge in [0, 0.05) is 6.42 Å². The zero-order valence-corrected chi connectivity index (χ0v) is 12.2. The van der Waals surface area contributed by atoms with E-state index in [0.29, 0.717) is 12.3 Å². The van der Waals surface area contributed by atoms with Crippen molar-refractivity contribution in [1.82, 2.24) is 5.32 Å². The number of Topliss-reactive ketones (excluding diaryl/α,β-unsaturated/α-hetero) is 1. The van der Waals surface area contributed by atoms with E-state index >= 15 is 0 Å². The average Bonchev–Trinajstić information content (AvgIpc) is 3.17. The first kappa shape index (κ1) is 15.7. The second-order valence-corrected chi connectivity index (χ2v) is 5.84. The fourth-order valence-electron chi connectivity index (χ4n) is 2.28. The summed E-state index contributed by atoms with van der Waals surface area (Å²) in [6, 6.07) is 0. The first-order valence-corrected chi connectivity index (χ1v) is 8.05. The van der Waals surface area contributed by atoms with Crippen molar-refractivity contribution >= 4 is 5.78 Å². The van der Waals surface area contributed by atoms with Crippen molar-refractivity contribution in [1.29, 1.82) is 0 Å². The van der Waals surface area contributed by atoms with E-state index in [1.54, 1.807) is 0 Å². The van der Waals surface area contributed by atoms with Crippen molar-refractivity contribution in [2.75, 3.05) is 13.1 Å². The van der Waals surface area contributed by atoms with E-state index in [0.717, 1.165) is 25.3 Å². The third kappa shape index (κ3) is 9.64. The second kappa shape index (κ2) is 10.5. The minimum absolute atomic E-state index is 0.404. The Morgan fingerprint density at radius 1 is 1.00 bits per heavy atom. The SMILES string of the molecule is CCCCCCCCCCC(=O)CNCC1CC1. The van der Waals surface area contributed by atoms with Crippen LogP contribution in [0.25, 0.3) is 0 Å². The molecule has 2 heteroatoms. The van der Waals surface area contributed by atoms with Gasteiger partial charge in [0.25, 0.3) is 0 Å². The number of nitrogens with one attached hydrogen (secondary N) is 1. The summed E-state index contributed by atoms with van der Waals surface area (Å²) in [5.41, 5.74) is 0. The highest BCUT2D eigenvalue weighted by atomic mass is 16.1. The van der Waals surface area contributed by atoms with E-state index in [9.17, 15) is 4.79 Å². The zero-order chi connectivity index (χ0) is 13.1. The molecular weight excluding hydrogens is 222 g/mol. The van der Waals surface area contributed by atoms with Crippen LogP contribution < -0.4 is 5.32 Å². The Morgan fingerprint density at radius 2 is 1.61 bits per heavy atom. The highest BCUT2D eigenvalue weighted by molar-refractivity contribution is 5.80. The molecule has 0 spiro atoms. The molecule has 1 aliphatic rings. The molecule has 1 aliphatic carbocycles. The summed E-state index contributed by atoms with van der Waals surface area (Å²) in [6.45, 7) is 3.92. The van der Waals surface area contributed by atoms with Crippen LogP contribution in [0.4, 0.5) is 0 Å². The molecule has 0 aliphatic heterocycles. The lowest BCUT2D eigenvalue weighted by Crippen LogP contribution is -2.24. The second-order valence-electron chi connectivity index (χ2n) is 5.84. The molecule has 106 valence electrons. The van der Waals surface area contributed by atoms with Gasteiger partial charge in [0.15, 0.2) is 0 Å². The van der Waals surface area contributed by atoms with Crippen LogP contribution in [-0.4, -0.2) is 18.9 Å². The lowest BCUT2D eigenvalue weighted by atomic mass is 10.1. The number of hydrogen-bond donors (Lipinski definition) is 1. The molecule has 0 atom stereocenters. The van der Waals surface area contributed by atoms with Crippen molar-refractivity contribution in [2.45, 2.75) is 77.6 Å². The van der Waals surface area contributed by atoms with Crippen molar-refractivity contribution in [2.24, 2.45) is 5.92 Å². The largest absolute Gasteiger partial charge is 0.310 e. The molecule has 0 aromatic rings. The molecule has 0 aromatic heterocycles. The topological polar surface area (TPSA) is 29.1 Å². The van der Waals surface area contributed by atoms with Gasteiger partial charge in [-0.3, -0.25) is 4.79 Å². The van der Waals surface area contributed by atoms with Gasteiger partial charge in [-0.1, -0.05) is 51.9 Å². The average molecular weight is 253 g/mol. The Morgan fingerprint density at radius 3 is 2.22 bits per heavy atom. The van der Waals surface area contributed by atoms with E-state index < -0.39 is 0 Å². The van der Waals surface area contributed by atoms with Crippen LogP contribution in [0, 0.1) is 5.92 Å². The molecule has 0 radical (unpaired) electrons. The van der Waals surface area contributed by atoms with Gasteiger partial charge in [-0.25, -0.2) is 0 Å². The Hall–Kier alpha value is -0.370. The molecule has 1 rings (SSSR count). The molecule has 1 N–H and O–H groups in total. The maximum Gasteiger partial charge on any atom is 0.146 e. The van der Waals surface area contributed by atoms with Crippen LogP contribution in [0.2, 0.25) is 0 Å². The van der Waals surface area contributed by atoms with Crippen LogP contribution >= 0.6 is 0 Å². The number of carbonyl (C=O) groups is 1. The first-order chi connectivity index (χ1) is 8.83. The summed E-state index contributed by atoms with van der Waals surface area (Å²) < 4.78 is 0. The molecule has 0 aromatic carbocycles. The van der Waals surface area contributed by atoms with Gasteiger partial charge in [-0.05, 0) is 31.7 Å². The van der Waals surface area contributed by atoms with Gasteiger partial charge >= 0.3 is 0 Å². The summed E-state index contributed by atoms with van der Waals surface area (Å²) in [5, 5.41) is 3.27. The van der Waals surface area contributed by atoms with E-state index in [4.69, 9.17) is 0 Å². The van der Waals surface area contributed by atoms with Gasteiger partial charge in [-0.2, -0.15) is 0 Å². The normalized spacial score (nSPS) is 14.9. The van der Waals surface area contributed by atoms with Crippen molar-refractivity contribution < 1.29 is 4.79 Å². The molecular formula is C16H31NO. The van der Waals surface area contributed by atoms with E-state index in [1.807, 2.05) is 0 Å². The standard InChI is InChI=1S/C16H31NO/c1-2-3-4-5-6-7-8-9-10-16(18)14-17-13-15-11-12-15/h15,17H,2-14H2,1H3. The van der Waals surface area contributed by atoms with Crippen molar-refractivity contribution in [3.8, 4) is 0 Å². The van der Waals surface area contributed by atoms with Gasteiger partial charge in [0.1, 0.15) is 5.78 Å². The lowest BCUT2D eigenvalue weighted by molar-refractivity contribution is -0.118. The summed E-state index contributed by atoms with van der Waals surface area (Å²) in [6.07, 6.45) is 14.0. The fourth-order valence-corrected chi connectivity index (χ4v) is 2.28. The smallest absolute Gasteiger partial charge is 0.146 e. The molecule has 0 amide bonds. The molecule has 1 fully saturated rings. The predicted octanol–water partition coefficient (Wildman–Crippen LogP) is 4.09. The van der Waals surface area contributed by atoms with E-state index in [-0.39, 0.29) is 0 Å². The molecule has 18 heavy (non-hydrogen) atoms. The third-order valence-electron chi connectivity index (χ3n) is 3.76. The minimum Gasteiger partial charge on any atom is -0.310 e. The molecule has 0 saturated heterocycles. The van der Waals surface area contributed by atoms with E-state index in [2.05, 4.69) is 12.2 Å². The Balaban J connectivity index is 1.74. The summed E-state index contributed by atoms with van der Waals surface area (Å²) in [5.74, 6) is 1.28. The lowest BCUT2D eigenvalue weighted by Gasteiger charge is -2.03. The summed E-state index contributed by atoms with van der Waals surface area (Å²) in [4.78, 5) is 11.6. The number of hydrogen-bond acceptors (Lipinski definition) is 2. The first-order valence-electron chi connectivity index (χ1n) is 8.05. The maximum atomic E-state index is 11.6. The van der Waals surface area contributed by atoms with Gasteiger partial charge in [0.05, 0.1) is 6.54 Å². The van der Waals surface area contributed by atoms with Gasteiger partial charge < -0.3 is 5.32 Å². The number of carbonyl (C=O) groups excluding carboxylic acids is 1. The fraction of sp³-hybridized carbons (Fsp3) is 0.938. The Bertz CT molecular complexity index is 211. The molecule has 0 unspecified atom stereocenters. The van der Waals surface area contributed by atoms with Crippen LogP contribution in [-0.2, 0) is 4.79 Å². The number of ketones is 1. The maximum absolute atomic E-state index is 11.6. The van der Waals surface area contributed by atoms with Crippen LogP contribution in [0.1, 0.15) is 77.6 Å². The summed E-state index contributed by atoms with van der Waals surface area (Å²) >= 11 is 0. The van der Waals surface area contributed by atoms with Gasteiger partial charge in [0.2, 0.25) is 0 Å². The Labute approximate surface area is 113 Å². The molecule has 0 heterocycles. The summed E-state index contributed by atoms with van der Waals surface area (Å²) in [7, 11) is 0. The molecule has 0 bridgehead atoms. The highest BCUT2D eigenvalue weighted by Gasteiger charge is 2.20. The monoisotopic (exact) mass is 253 g/mol. The van der Waals surface area contributed by atoms with Crippen LogP contribution in [0.15, 0.2) is 0 Å². The minimum atomic E-state index is 0.404. The van der Waals surface area contributed by atoms with Crippen molar-refractivity contribution in [3.05, 3.63) is 0 Å². The Kier molecular flexibility index (Phi) is 9.19. The predicted molar refractivity (Wildman–Crippen MR) is 77.8 cm³/mol. The van der Waals surface area contributed by atoms with Crippen LogP contribution in [0.3, 0.4) is 0 Å². The number of unbranched alkanes of at least 4 members (excludes halogenated alkanes) is 7. The molecule has 2 nitrogen and oxygen atoms in total. The van der Waals surface area contributed by atoms with Gasteiger partial charge in [-0.15, -0.1) is 0 Å². The zero-order valence-electron chi connectivity index (χ0n) is 12.2. The third-order valence-corrected chi connectivity index (χ3v) is 3.76. The van der Waals surface area contributed by atoms with Crippen LogP contribution in [0.5, 0.6) is 0 Å². The highest BCUT2D eigenvalue weighted by Crippen LogP contribution is 2.27. The molecule has 1 saturated carbocycles. The number of rotatable bonds is 13. The quantitative estimate of drug-likeness (QED) is 0.501. The van der Waals surface area contributed by atoms with E-state index in [1.165, 1.54) is 57.8 Å². The van der Waals surface area contributed by atoms with Crippen molar-refractivity contribution in [3.63, 3.8) is 0 Å².